The van der Waals surface area contributed by atoms with Crippen LogP contribution in [-0.4, -0.2) is 23.9 Å². The van der Waals surface area contributed by atoms with Crippen molar-refractivity contribution in [3.8, 4) is 6.07 Å². The van der Waals surface area contributed by atoms with Crippen molar-refractivity contribution < 1.29 is 4.79 Å². The van der Waals surface area contributed by atoms with E-state index in [0.717, 1.165) is 0 Å². The molecule has 1 amide bonds. The van der Waals surface area contributed by atoms with E-state index in [4.69, 9.17) is 5.26 Å². The standard InChI is InChI=1S/C8H12N2O/c1-3-6-10(8(2)11)7-4-5-9/h3H,1,4,6-7H2,2H3. The molecule has 60 valence electrons. The van der Waals surface area contributed by atoms with Gasteiger partial charge in [0.15, 0.2) is 0 Å². The summed E-state index contributed by atoms with van der Waals surface area (Å²) in [6.07, 6.45) is 2.03. The van der Waals surface area contributed by atoms with E-state index in [2.05, 4.69) is 6.58 Å². The predicted octanol–water partition coefficient (Wildman–Crippen LogP) is 0.935. The van der Waals surface area contributed by atoms with Crippen LogP contribution < -0.4 is 0 Å². The maximum absolute atomic E-state index is 10.8. The number of nitriles is 1. The first-order valence-corrected chi connectivity index (χ1v) is 3.45. The summed E-state index contributed by atoms with van der Waals surface area (Å²) in [5.74, 6) is -0.0137. The molecule has 0 aliphatic carbocycles. The van der Waals surface area contributed by atoms with Crippen LogP contribution in [0.3, 0.4) is 0 Å². The summed E-state index contributed by atoms with van der Waals surface area (Å²) < 4.78 is 0. The van der Waals surface area contributed by atoms with Crippen LogP contribution in [0.4, 0.5) is 0 Å². The van der Waals surface area contributed by atoms with Crippen LogP contribution in [0, 0.1) is 11.3 Å². The second-order valence-electron chi connectivity index (χ2n) is 2.16. The number of hydrogen-bond donors (Lipinski definition) is 0. The minimum atomic E-state index is -0.0137. The normalized spacial score (nSPS) is 8.36. The van der Waals surface area contributed by atoms with Gasteiger partial charge in [0.2, 0.25) is 5.91 Å². The largest absolute Gasteiger partial charge is 0.338 e. The maximum Gasteiger partial charge on any atom is 0.219 e. The number of carbonyl (C=O) groups excluding carboxylic acids is 1. The van der Waals surface area contributed by atoms with Gasteiger partial charge in [-0.3, -0.25) is 4.79 Å². The molecule has 3 nitrogen and oxygen atoms in total. The number of nitrogens with zero attached hydrogens (tertiary/aromatic N) is 2. The third kappa shape index (κ3) is 4.15. The van der Waals surface area contributed by atoms with Crippen LogP contribution >= 0.6 is 0 Å². The highest BCUT2D eigenvalue weighted by Crippen LogP contribution is 1.91. The second-order valence-corrected chi connectivity index (χ2v) is 2.16. The molecule has 11 heavy (non-hydrogen) atoms. The Morgan fingerprint density at radius 2 is 2.45 bits per heavy atom. The molecule has 0 saturated heterocycles. The number of amides is 1. The van der Waals surface area contributed by atoms with E-state index in [0.29, 0.717) is 19.5 Å². The van der Waals surface area contributed by atoms with Crippen LogP contribution in [0.1, 0.15) is 13.3 Å². The lowest BCUT2D eigenvalue weighted by Gasteiger charge is -2.16. The minimum Gasteiger partial charge on any atom is -0.338 e. The Bertz CT molecular complexity index is 181. The molecular weight excluding hydrogens is 140 g/mol. The Morgan fingerprint density at radius 3 is 2.82 bits per heavy atom. The van der Waals surface area contributed by atoms with Crippen molar-refractivity contribution >= 4 is 5.91 Å². The summed E-state index contributed by atoms with van der Waals surface area (Å²) in [4.78, 5) is 12.4. The Balaban J connectivity index is 3.80. The van der Waals surface area contributed by atoms with Crippen molar-refractivity contribution in [2.75, 3.05) is 13.1 Å². The number of hydrogen-bond acceptors (Lipinski definition) is 2. The summed E-state index contributed by atoms with van der Waals surface area (Å²) in [5, 5.41) is 8.25. The predicted molar refractivity (Wildman–Crippen MR) is 42.7 cm³/mol. The summed E-state index contributed by atoms with van der Waals surface area (Å²) in [6, 6.07) is 1.98. The fourth-order valence-corrected chi connectivity index (χ4v) is 0.718. The molecule has 0 aromatic rings. The Labute approximate surface area is 66.9 Å². The van der Waals surface area contributed by atoms with Gasteiger partial charge in [0.25, 0.3) is 0 Å². The third-order valence-corrected chi connectivity index (χ3v) is 1.29. The molecule has 0 atom stereocenters. The quantitative estimate of drug-likeness (QED) is 0.562. The monoisotopic (exact) mass is 152 g/mol. The summed E-state index contributed by atoms with van der Waals surface area (Å²) in [7, 11) is 0. The van der Waals surface area contributed by atoms with Crippen LogP contribution in [0.15, 0.2) is 12.7 Å². The fourth-order valence-electron chi connectivity index (χ4n) is 0.718. The van der Waals surface area contributed by atoms with Gasteiger partial charge in [-0.1, -0.05) is 6.08 Å². The highest BCUT2D eigenvalue weighted by molar-refractivity contribution is 5.73. The van der Waals surface area contributed by atoms with Gasteiger partial charge >= 0.3 is 0 Å². The molecule has 0 spiro atoms. The molecule has 0 fully saturated rings. The molecule has 3 heteroatoms. The van der Waals surface area contributed by atoms with Crippen molar-refractivity contribution in [3.63, 3.8) is 0 Å². The highest BCUT2D eigenvalue weighted by atomic mass is 16.2. The molecule has 0 N–H and O–H groups in total. The van der Waals surface area contributed by atoms with Gasteiger partial charge in [0.1, 0.15) is 0 Å². The van der Waals surface area contributed by atoms with Gasteiger partial charge in [-0.25, -0.2) is 0 Å². The van der Waals surface area contributed by atoms with E-state index in [-0.39, 0.29) is 5.91 Å². The molecule has 0 unspecified atom stereocenters. The molecule has 0 bridgehead atoms. The van der Waals surface area contributed by atoms with Crippen LogP contribution in [0.25, 0.3) is 0 Å². The lowest BCUT2D eigenvalue weighted by molar-refractivity contribution is -0.128. The first-order chi connectivity index (χ1) is 5.22. The van der Waals surface area contributed by atoms with Crippen molar-refractivity contribution in [1.82, 2.24) is 4.90 Å². The molecule has 0 aliphatic rings. The highest BCUT2D eigenvalue weighted by Gasteiger charge is 2.04. The van der Waals surface area contributed by atoms with Gasteiger partial charge in [-0.15, -0.1) is 6.58 Å². The van der Waals surface area contributed by atoms with E-state index < -0.39 is 0 Å². The lowest BCUT2D eigenvalue weighted by atomic mass is 10.4. The van der Waals surface area contributed by atoms with E-state index >= 15 is 0 Å². The zero-order valence-electron chi connectivity index (χ0n) is 6.71. The topological polar surface area (TPSA) is 44.1 Å². The number of carbonyl (C=O) groups is 1. The first kappa shape index (κ1) is 9.70. The van der Waals surface area contributed by atoms with E-state index in [1.165, 1.54) is 6.92 Å². The maximum atomic E-state index is 10.8. The molecular formula is C8H12N2O. The van der Waals surface area contributed by atoms with Gasteiger partial charge in [-0.05, 0) is 0 Å². The molecule has 0 aliphatic heterocycles. The summed E-state index contributed by atoms with van der Waals surface area (Å²) in [5.41, 5.74) is 0. The average Bonchev–Trinajstić information content (AvgIpc) is 1.97. The molecule has 0 saturated carbocycles. The SMILES string of the molecule is C=CCN(CCC#N)C(C)=O. The summed E-state index contributed by atoms with van der Waals surface area (Å²) >= 11 is 0. The smallest absolute Gasteiger partial charge is 0.219 e. The van der Waals surface area contributed by atoms with Crippen molar-refractivity contribution in [2.45, 2.75) is 13.3 Å². The van der Waals surface area contributed by atoms with E-state index in [1.54, 1.807) is 11.0 Å². The summed E-state index contributed by atoms with van der Waals surface area (Å²) in [6.45, 7) is 6.02. The van der Waals surface area contributed by atoms with Gasteiger partial charge in [0.05, 0.1) is 12.5 Å². The fraction of sp³-hybridized carbons (Fsp3) is 0.500. The Kier molecular flexibility index (Phi) is 4.83. The van der Waals surface area contributed by atoms with Gasteiger partial charge in [0, 0.05) is 20.0 Å². The zero-order chi connectivity index (χ0) is 8.69. The number of rotatable bonds is 4. The van der Waals surface area contributed by atoms with Gasteiger partial charge in [-0.2, -0.15) is 5.26 Å². The average molecular weight is 152 g/mol. The Morgan fingerprint density at radius 1 is 1.82 bits per heavy atom. The van der Waals surface area contributed by atoms with Crippen LogP contribution in [0.2, 0.25) is 0 Å². The molecule has 0 radical (unpaired) electrons. The van der Waals surface area contributed by atoms with E-state index in [1.807, 2.05) is 6.07 Å². The second kappa shape index (κ2) is 5.48. The van der Waals surface area contributed by atoms with Crippen molar-refractivity contribution in [1.29, 1.82) is 5.26 Å². The first-order valence-electron chi connectivity index (χ1n) is 3.45. The lowest BCUT2D eigenvalue weighted by Crippen LogP contribution is -2.29. The van der Waals surface area contributed by atoms with Gasteiger partial charge < -0.3 is 4.90 Å². The minimum absolute atomic E-state index is 0.0137. The van der Waals surface area contributed by atoms with Crippen molar-refractivity contribution in [2.24, 2.45) is 0 Å². The molecule has 0 aromatic carbocycles. The zero-order valence-corrected chi connectivity index (χ0v) is 6.71. The van der Waals surface area contributed by atoms with E-state index in [9.17, 15) is 4.79 Å². The van der Waals surface area contributed by atoms with Crippen molar-refractivity contribution in [3.05, 3.63) is 12.7 Å². The van der Waals surface area contributed by atoms with Crippen LogP contribution in [-0.2, 0) is 4.79 Å². The third-order valence-electron chi connectivity index (χ3n) is 1.29. The van der Waals surface area contributed by atoms with Crippen LogP contribution in [0.5, 0.6) is 0 Å². The Hall–Kier alpha value is -1.30. The molecule has 0 heterocycles. The molecule has 0 aromatic heterocycles. The molecule has 0 rings (SSSR count).